The SMILES string of the molecule is O=S(=O)(c1ccc(Cl)cc1)N1CCC[C@H](OCc2ccccc2Cl)C1. The van der Waals surface area contributed by atoms with Crippen molar-refractivity contribution >= 4 is 33.2 Å². The smallest absolute Gasteiger partial charge is 0.243 e. The number of benzene rings is 2. The highest BCUT2D eigenvalue weighted by Crippen LogP contribution is 2.24. The van der Waals surface area contributed by atoms with Crippen LogP contribution in [0.2, 0.25) is 10.0 Å². The third kappa shape index (κ3) is 4.54. The first-order valence-corrected chi connectivity index (χ1v) is 10.3. The molecule has 1 heterocycles. The van der Waals surface area contributed by atoms with Crippen LogP contribution in [0.1, 0.15) is 18.4 Å². The number of halogens is 2. The number of piperidine rings is 1. The maximum absolute atomic E-state index is 12.8. The zero-order chi connectivity index (χ0) is 17.9. The zero-order valence-electron chi connectivity index (χ0n) is 13.6. The highest BCUT2D eigenvalue weighted by Gasteiger charge is 2.30. The van der Waals surface area contributed by atoms with Gasteiger partial charge in [-0.15, -0.1) is 0 Å². The van der Waals surface area contributed by atoms with E-state index in [2.05, 4.69) is 0 Å². The standard InChI is InChI=1S/C18H19Cl2NO3S/c19-15-7-9-17(10-8-15)25(22,23)21-11-3-5-16(12-21)24-13-14-4-1-2-6-18(14)20/h1-2,4,6-10,16H,3,5,11-13H2/t16-/m0/s1. The largest absolute Gasteiger partial charge is 0.372 e. The highest BCUT2D eigenvalue weighted by molar-refractivity contribution is 7.89. The molecule has 1 fully saturated rings. The van der Waals surface area contributed by atoms with E-state index in [1.807, 2.05) is 24.3 Å². The van der Waals surface area contributed by atoms with E-state index in [-0.39, 0.29) is 11.0 Å². The third-order valence-corrected chi connectivity index (χ3v) is 6.72. The molecule has 134 valence electrons. The molecule has 7 heteroatoms. The van der Waals surface area contributed by atoms with Crippen molar-refractivity contribution in [3.63, 3.8) is 0 Å². The molecular weight excluding hydrogens is 381 g/mol. The molecule has 0 aliphatic carbocycles. The van der Waals surface area contributed by atoms with Gasteiger partial charge in [0.25, 0.3) is 0 Å². The number of hydrogen-bond acceptors (Lipinski definition) is 3. The molecule has 0 bridgehead atoms. The minimum Gasteiger partial charge on any atom is -0.372 e. The molecule has 1 aliphatic rings. The summed E-state index contributed by atoms with van der Waals surface area (Å²) in [6, 6.07) is 13.7. The van der Waals surface area contributed by atoms with Crippen LogP contribution in [0.25, 0.3) is 0 Å². The second kappa shape index (κ2) is 8.06. The molecule has 1 atom stereocenters. The molecule has 0 N–H and O–H groups in total. The van der Waals surface area contributed by atoms with Crippen LogP contribution in [-0.4, -0.2) is 31.9 Å². The Bertz CT molecular complexity index is 824. The Morgan fingerprint density at radius 2 is 1.80 bits per heavy atom. The van der Waals surface area contributed by atoms with Crippen molar-refractivity contribution in [2.75, 3.05) is 13.1 Å². The van der Waals surface area contributed by atoms with Crippen molar-refractivity contribution in [1.82, 2.24) is 4.31 Å². The number of rotatable bonds is 5. The van der Waals surface area contributed by atoms with Gasteiger partial charge in [0.1, 0.15) is 0 Å². The van der Waals surface area contributed by atoms with Crippen LogP contribution < -0.4 is 0 Å². The predicted octanol–water partition coefficient (Wildman–Crippen LogP) is 4.36. The Morgan fingerprint density at radius 3 is 2.52 bits per heavy atom. The topological polar surface area (TPSA) is 46.6 Å². The lowest BCUT2D eigenvalue weighted by molar-refractivity contribution is 0.00814. The van der Waals surface area contributed by atoms with Crippen LogP contribution in [0, 0.1) is 0 Å². The van der Waals surface area contributed by atoms with Crippen LogP contribution in [0.5, 0.6) is 0 Å². The Hall–Kier alpha value is -1.11. The van der Waals surface area contributed by atoms with Crippen molar-refractivity contribution in [2.24, 2.45) is 0 Å². The van der Waals surface area contributed by atoms with Crippen molar-refractivity contribution in [3.05, 3.63) is 64.1 Å². The number of hydrogen-bond donors (Lipinski definition) is 0. The first kappa shape index (κ1) is 18.7. The van der Waals surface area contributed by atoms with Gasteiger partial charge < -0.3 is 4.74 Å². The lowest BCUT2D eigenvalue weighted by Crippen LogP contribution is -2.43. The van der Waals surface area contributed by atoms with Gasteiger partial charge >= 0.3 is 0 Å². The van der Waals surface area contributed by atoms with Gasteiger partial charge in [-0.25, -0.2) is 8.42 Å². The summed E-state index contributed by atoms with van der Waals surface area (Å²) >= 11 is 12.0. The van der Waals surface area contributed by atoms with E-state index < -0.39 is 10.0 Å². The van der Waals surface area contributed by atoms with Gasteiger partial charge in [-0.2, -0.15) is 4.31 Å². The van der Waals surface area contributed by atoms with E-state index in [1.165, 1.54) is 16.4 Å². The predicted molar refractivity (Wildman–Crippen MR) is 99.5 cm³/mol. The highest BCUT2D eigenvalue weighted by atomic mass is 35.5. The monoisotopic (exact) mass is 399 g/mol. The Kier molecular flexibility index (Phi) is 6.02. The molecule has 1 saturated heterocycles. The third-order valence-electron chi connectivity index (χ3n) is 4.22. The van der Waals surface area contributed by atoms with E-state index in [0.29, 0.717) is 29.7 Å². The van der Waals surface area contributed by atoms with E-state index >= 15 is 0 Å². The molecule has 0 aromatic heterocycles. The summed E-state index contributed by atoms with van der Waals surface area (Å²) in [6.45, 7) is 1.21. The summed E-state index contributed by atoms with van der Waals surface area (Å²) in [5.41, 5.74) is 0.904. The van der Waals surface area contributed by atoms with Gasteiger partial charge in [0.2, 0.25) is 10.0 Å². The average Bonchev–Trinajstić information content (AvgIpc) is 2.62. The van der Waals surface area contributed by atoms with Crippen molar-refractivity contribution in [3.8, 4) is 0 Å². The van der Waals surface area contributed by atoms with Crippen molar-refractivity contribution < 1.29 is 13.2 Å². The fourth-order valence-electron chi connectivity index (χ4n) is 2.84. The van der Waals surface area contributed by atoms with Gasteiger partial charge in [0, 0.05) is 23.1 Å². The normalized spacial score (nSPS) is 19.0. The van der Waals surface area contributed by atoms with E-state index in [4.69, 9.17) is 27.9 Å². The summed E-state index contributed by atoms with van der Waals surface area (Å²) < 4.78 is 33.0. The van der Waals surface area contributed by atoms with Gasteiger partial charge in [-0.05, 0) is 48.7 Å². The number of nitrogens with zero attached hydrogens (tertiary/aromatic N) is 1. The maximum Gasteiger partial charge on any atom is 0.243 e. The molecule has 0 unspecified atom stereocenters. The lowest BCUT2D eigenvalue weighted by Gasteiger charge is -2.32. The molecule has 0 amide bonds. The lowest BCUT2D eigenvalue weighted by atomic mass is 10.1. The molecule has 1 aliphatic heterocycles. The fourth-order valence-corrected chi connectivity index (χ4v) is 4.66. The van der Waals surface area contributed by atoms with Crippen LogP contribution in [-0.2, 0) is 21.4 Å². The molecule has 25 heavy (non-hydrogen) atoms. The Labute approximate surface area is 158 Å². The second-order valence-electron chi connectivity index (χ2n) is 5.98. The molecule has 2 aromatic rings. The van der Waals surface area contributed by atoms with Gasteiger partial charge in [0.15, 0.2) is 0 Å². The number of ether oxygens (including phenoxy) is 1. The van der Waals surface area contributed by atoms with Gasteiger partial charge in [-0.1, -0.05) is 41.4 Å². The Balaban J connectivity index is 1.66. The minimum absolute atomic E-state index is 0.146. The van der Waals surface area contributed by atoms with Gasteiger partial charge in [-0.3, -0.25) is 0 Å². The summed E-state index contributed by atoms with van der Waals surface area (Å²) in [7, 11) is -3.53. The summed E-state index contributed by atoms with van der Waals surface area (Å²) in [5, 5.41) is 1.17. The first-order chi connectivity index (χ1) is 12.0. The summed E-state index contributed by atoms with van der Waals surface area (Å²) in [4.78, 5) is 0.253. The molecule has 2 aromatic carbocycles. The first-order valence-electron chi connectivity index (χ1n) is 8.07. The fraction of sp³-hybridized carbons (Fsp3) is 0.333. The molecule has 0 spiro atoms. The molecule has 3 rings (SSSR count). The quantitative estimate of drug-likeness (QED) is 0.749. The van der Waals surface area contributed by atoms with Crippen molar-refractivity contribution in [2.45, 2.75) is 30.4 Å². The average molecular weight is 400 g/mol. The summed E-state index contributed by atoms with van der Waals surface area (Å²) in [5.74, 6) is 0. The van der Waals surface area contributed by atoms with E-state index in [9.17, 15) is 8.42 Å². The molecular formula is C18H19Cl2NO3S. The molecule has 0 saturated carbocycles. The van der Waals surface area contributed by atoms with E-state index in [1.54, 1.807) is 12.1 Å². The number of sulfonamides is 1. The van der Waals surface area contributed by atoms with Crippen molar-refractivity contribution in [1.29, 1.82) is 0 Å². The van der Waals surface area contributed by atoms with E-state index in [0.717, 1.165) is 18.4 Å². The summed E-state index contributed by atoms with van der Waals surface area (Å²) in [6.07, 6.45) is 1.45. The van der Waals surface area contributed by atoms with Crippen LogP contribution in [0.4, 0.5) is 0 Å². The molecule has 4 nitrogen and oxygen atoms in total. The second-order valence-corrected chi connectivity index (χ2v) is 8.77. The van der Waals surface area contributed by atoms with Crippen LogP contribution >= 0.6 is 23.2 Å². The zero-order valence-corrected chi connectivity index (χ0v) is 15.9. The van der Waals surface area contributed by atoms with Gasteiger partial charge in [0.05, 0.1) is 17.6 Å². The van der Waals surface area contributed by atoms with Crippen LogP contribution in [0.3, 0.4) is 0 Å². The van der Waals surface area contributed by atoms with Crippen LogP contribution in [0.15, 0.2) is 53.4 Å². The maximum atomic E-state index is 12.8. The molecule has 0 radical (unpaired) electrons. The minimum atomic E-state index is -3.53. The Morgan fingerprint density at radius 1 is 1.08 bits per heavy atom.